The molecule has 1 N–H and O–H groups in total. The third-order valence-electron chi connectivity index (χ3n) is 3.77. The van der Waals surface area contributed by atoms with Crippen molar-refractivity contribution in [2.45, 2.75) is 0 Å². The van der Waals surface area contributed by atoms with E-state index in [1.165, 1.54) is 0 Å². The van der Waals surface area contributed by atoms with Crippen molar-refractivity contribution in [2.75, 3.05) is 0 Å². The molecule has 0 amide bonds. The van der Waals surface area contributed by atoms with Gasteiger partial charge in [-0.1, -0.05) is 18.2 Å². The Hall–Kier alpha value is -2.88. The topological polar surface area (TPSA) is 54.7 Å². The molecule has 0 aliphatic carbocycles. The van der Waals surface area contributed by atoms with Gasteiger partial charge in [0.2, 0.25) is 0 Å². The highest BCUT2D eigenvalue weighted by Crippen LogP contribution is 2.35. The Kier molecular flexibility index (Phi) is 1.68. The lowest BCUT2D eigenvalue weighted by molar-refractivity contribution is 0.672. The van der Waals surface area contributed by atoms with Gasteiger partial charge in [-0.15, -0.1) is 0 Å². The molecule has 0 fully saturated rings. The predicted octanol–water partition coefficient (Wildman–Crippen LogP) is 4.01. The van der Waals surface area contributed by atoms with Crippen LogP contribution in [-0.4, -0.2) is 15.0 Å². The molecule has 0 saturated carbocycles. The number of nitrogens with one attached hydrogen (secondary N) is 1. The summed E-state index contributed by atoms with van der Waals surface area (Å²) < 4.78 is 6.02. The molecule has 0 aliphatic rings. The van der Waals surface area contributed by atoms with Crippen molar-refractivity contribution in [3.63, 3.8) is 0 Å². The average molecular weight is 259 g/mol. The Labute approximate surface area is 113 Å². The Morgan fingerprint density at radius 2 is 1.85 bits per heavy atom. The maximum atomic E-state index is 6.02. The Morgan fingerprint density at radius 3 is 2.85 bits per heavy atom. The molecule has 5 rings (SSSR count). The minimum Gasteiger partial charge on any atom is -0.454 e. The van der Waals surface area contributed by atoms with E-state index in [-0.39, 0.29) is 0 Å². The number of aromatic amines is 1. The standard InChI is InChI=1S/C16H9N3O/c1-2-4-13-9(3-1)10-5-6-11-14-12(7-17-8-18-14)19-15(11)16(10)20-13/h1-8,19H. The fourth-order valence-electron chi connectivity index (χ4n) is 2.88. The lowest BCUT2D eigenvalue weighted by Gasteiger charge is -1.91. The smallest absolute Gasteiger partial charge is 0.159 e. The van der Waals surface area contributed by atoms with Crippen LogP contribution in [0.4, 0.5) is 0 Å². The summed E-state index contributed by atoms with van der Waals surface area (Å²) >= 11 is 0. The van der Waals surface area contributed by atoms with Crippen molar-refractivity contribution in [2.24, 2.45) is 0 Å². The van der Waals surface area contributed by atoms with E-state index in [1.807, 2.05) is 18.2 Å². The highest BCUT2D eigenvalue weighted by Gasteiger charge is 2.13. The molecule has 20 heavy (non-hydrogen) atoms. The van der Waals surface area contributed by atoms with E-state index >= 15 is 0 Å². The molecule has 5 aromatic rings. The van der Waals surface area contributed by atoms with Crippen LogP contribution in [0.1, 0.15) is 0 Å². The van der Waals surface area contributed by atoms with Gasteiger partial charge in [-0.25, -0.2) is 9.97 Å². The van der Waals surface area contributed by atoms with E-state index in [0.717, 1.165) is 43.9 Å². The molecule has 94 valence electrons. The maximum absolute atomic E-state index is 6.02. The van der Waals surface area contributed by atoms with Crippen LogP contribution < -0.4 is 0 Å². The number of para-hydroxylation sites is 1. The fourth-order valence-corrected chi connectivity index (χ4v) is 2.88. The van der Waals surface area contributed by atoms with Crippen LogP contribution in [0.25, 0.3) is 43.9 Å². The van der Waals surface area contributed by atoms with Crippen LogP contribution in [0.3, 0.4) is 0 Å². The number of aromatic nitrogens is 3. The first-order valence-electron chi connectivity index (χ1n) is 6.43. The minimum absolute atomic E-state index is 0.877. The van der Waals surface area contributed by atoms with Gasteiger partial charge in [0.05, 0.1) is 22.7 Å². The summed E-state index contributed by atoms with van der Waals surface area (Å²) in [6.45, 7) is 0. The van der Waals surface area contributed by atoms with Crippen LogP contribution in [0.5, 0.6) is 0 Å². The molecule has 0 bridgehead atoms. The van der Waals surface area contributed by atoms with Crippen LogP contribution in [0.15, 0.2) is 53.3 Å². The highest BCUT2D eigenvalue weighted by atomic mass is 16.3. The number of fused-ring (bicyclic) bond motifs is 7. The van der Waals surface area contributed by atoms with Gasteiger partial charge in [-0.2, -0.15) is 0 Å². The monoisotopic (exact) mass is 259 g/mol. The molecule has 0 saturated heterocycles. The van der Waals surface area contributed by atoms with Crippen molar-refractivity contribution in [1.82, 2.24) is 15.0 Å². The minimum atomic E-state index is 0.877. The van der Waals surface area contributed by atoms with E-state index in [2.05, 4.69) is 33.2 Å². The van der Waals surface area contributed by atoms with Crippen molar-refractivity contribution in [3.05, 3.63) is 48.9 Å². The first kappa shape index (κ1) is 9.97. The van der Waals surface area contributed by atoms with Gasteiger partial charge in [-0.3, -0.25) is 0 Å². The SMILES string of the molecule is c1ccc2c(c1)oc1c2ccc2c3ncncc3[nH]c21. The summed E-state index contributed by atoms with van der Waals surface area (Å²) in [5, 5.41) is 3.32. The van der Waals surface area contributed by atoms with Gasteiger partial charge < -0.3 is 9.40 Å². The van der Waals surface area contributed by atoms with Crippen LogP contribution >= 0.6 is 0 Å². The Bertz CT molecular complexity index is 1010. The maximum Gasteiger partial charge on any atom is 0.159 e. The number of hydrogen-bond donors (Lipinski definition) is 1. The second-order valence-corrected chi connectivity index (χ2v) is 4.87. The summed E-state index contributed by atoms with van der Waals surface area (Å²) in [7, 11) is 0. The molecule has 4 nitrogen and oxygen atoms in total. The largest absolute Gasteiger partial charge is 0.454 e. The molecule has 3 aromatic heterocycles. The summed E-state index contributed by atoms with van der Waals surface area (Å²) in [6.07, 6.45) is 3.36. The first-order valence-corrected chi connectivity index (χ1v) is 6.43. The number of H-pyrrole nitrogens is 1. The quantitative estimate of drug-likeness (QED) is 0.457. The second kappa shape index (κ2) is 3.36. The first-order chi connectivity index (χ1) is 9.92. The highest BCUT2D eigenvalue weighted by molar-refractivity contribution is 6.19. The van der Waals surface area contributed by atoms with Crippen LogP contribution in [0.2, 0.25) is 0 Å². The van der Waals surface area contributed by atoms with Gasteiger partial charge in [0.15, 0.2) is 5.58 Å². The zero-order chi connectivity index (χ0) is 13.1. The second-order valence-electron chi connectivity index (χ2n) is 4.87. The zero-order valence-corrected chi connectivity index (χ0v) is 10.4. The lowest BCUT2D eigenvalue weighted by Crippen LogP contribution is -1.75. The van der Waals surface area contributed by atoms with E-state index in [1.54, 1.807) is 12.5 Å². The van der Waals surface area contributed by atoms with Crippen molar-refractivity contribution in [3.8, 4) is 0 Å². The van der Waals surface area contributed by atoms with Crippen molar-refractivity contribution in [1.29, 1.82) is 0 Å². The molecule has 0 atom stereocenters. The van der Waals surface area contributed by atoms with E-state index in [9.17, 15) is 0 Å². The third-order valence-corrected chi connectivity index (χ3v) is 3.77. The molecule has 0 unspecified atom stereocenters. The molecule has 3 heterocycles. The molecule has 4 heteroatoms. The van der Waals surface area contributed by atoms with Gasteiger partial charge in [-0.05, 0) is 18.2 Å². The van der Waals surface area contributed by atoms with Crippen LogP contribution in [0, 0.1) is 0 Å². The number of furan rings is 1. The molecule has 2 aromatic carbocycles. The average Bonchev–Trinajstić information content (AvgIpc) is 3.05. The molecule has 0 radical (unpaired) electrons. The number of rotatable bonds is 0. The van der Waals surface area contributed by atoms with Gasteiger partial charge >= 0.3 is 0 Å². The Morgan fingerprint density at radius 1 is 0.950 bits per heavy atom. The number of hydrogen-bond acceptors (Lipinski definition) is 3. The van der Waals surface area contributed by atoms with Gasteiger partial charge in [0.1, 0.15) is 11.9 Å². The summed E-state index contributed by atoms with van der Waals surface area (Å²) in [4.78, 5) is 11.8. The van der Waals surface area contributed by atoms with Crippen LogP contribution in [-0.2, 0) is 0 Å². The van der Waals surface area contributed by atoms with E-state index in [0.29, 0.717) is 0 Å². The summed E-state index contributed by atoms with van der Waals surface area (Å²) in [6, 6.07) is 12.3. The van der Waals surface area contributed by atoms with Crippen molar-refractivity contribution < 1.29 is 4.42 Å². The molecular weight excluding hydrogens is 250 g/mol. The van der Waals surface area contributed by atoms with Gasteiger partial charge in [0.25, 0.3) is 0 Å². The molecular formula is C16H9N3O. The predicted molar refractivity (Wildman–Crippen MR) is 78.7 cm³/mol. The summed E-state index contributed by atoms with van der Waals surface area (Å²) in [5.74, 6) is 0. The molecule has 0 aliphatic heterocycles. The zero-order valence-electron chi connectivity index (χ0n) is 10.4. The fraction of sp³-hybridized carbons (Fsp3) is 0. The summed E-state index contributed by atoms with van der Waals surface area (Å²) in [5.41, 5.74) is 4.61. The van der Waals surface area contributed by atoms with E-state index in [4.69, 9.17) is 4.42 Å². The van der Waals surface area contributed by atoms with Crippen molar-refractivity contribution >= 4 is 43.9 Å². The third kappa shape index (κ3) is 1.11. The lowest BCUT2D eigenvalue weighted by atomic mass is 10.1. The van der Waals surface area contributed by atoms with E-state index < -0.39 is 0 Å². The number of nitrogens with zero attached hydrogens (tertiary/aromatic N) is 2. The normalized spacial score (nSPS) is 12.0. The van der Waals surface area contributed by atoms with Gasteiger partial charge in [0, 0.05) is 16.2 Å². The molecule has 0 spiro atoms. The number of benzene rings is 2. The Balaban J connectivity index is 2.10.